The molecule has 114 valence electrons. The van der Waals surface area contributed by atoms with Crippen LogP contribution in [-0.4, -0.2) is 37.4 Å². The second-order valence-corrected chi connectivity index (χ2v) is 4.54. The zero-order valence-electron chi connectivity index (χ0n) is 11.1. The summed E-state index contributed by atoms with van der Waals surface area (Å²) in [5, 5.41) is 8.54. The van der Waals surface area contributed by atoms with Crippen molar-refractivity contribution in [2.75, 3.05) is 31.2 Å². The third kappa shape index (κ3) is 3.98. The summed E-state index contributed by atoms with van der Waals surface area (Å²) in [6.45, 7) is 2.01. The SMILES string of the molecule is O=C(O)/C=C/c1ccc(N2CCOCC2)cc1C(F)(F)F. The fourth-order valence-electron chi connectivity index (χ4n) is 2.11. The standard InChI is InChI=1S/C14H14F3NO3/c15-14(16,17)12-9-11(18-5-7-21-8-6-18)3-1-10(12)2-4-13(19)20/h1-4,9H,5-8H2,(H,19,20)/b4-2+. The number of carbonyl (C=O) groups is 1. The van der Waals surface area contributed by atoms with Crippen LogP contribution in [0.4, 0.5) is 18.9 Å². The van der Waals surface area contributed by atoms with Gasteiger partial charge in [0.15, 0.2) is 0 Å². The Morgan fingerprint density at radius 2 is 1.95 bits per heavy atom. The van der Waals surface area contributed by atoms with Crippen LogP contribution < -0.4 is 4.90 Å². The van der Waals surface area contributed by atoms with E-state index in [4.69, 9.17) is 9.84 Å². The third-order valence-electron chi connectivity index (χ3n) is 3.12. The number of nitrogens with zero attached hydrogens (tertiary/aromatic N) is 1. The highest BCUT2D eigenvalue weighted by Gasteiger charge is 2.33. The lowest BCUT2D eigenvalue weighted by Crippen LogP contribution is -2.36. The lowest BCUT2D eigenvalue weighted by molar-refractivity contribution is -0.137. The van der Waals surface area contributed by atoms with E-state index in [2.05, 4.69) is 0 Å². The van der Waals surface area contributed by atoms with Gasteiger partial charge in [0, 0.05) is 24.9 Å². The van der Waals surface area contributed by atoms with Crippen molar-refractivity contribution in [1.29, 1.82) is 0 Å². The van der Waals surface area contributed by atoms with E-state index in [-0.39, 0.29) is 5.56 Å². The fraction of sp³-hybridized carbons (Fsp3) is 0.357. The lowest BCUT2D eigenvalue weighted by atomic mass is 10.0. The Hall–Kier alpha value is -2.02. The molecule has 0 amide bonds. The van der Waals surface area contributed by atoms with E-state index in [9.17, 15) is 18.0 Å². The average Bonchev–Trinajstić information content (AvgIpc) is 2.45. The number of hydrogen-bond acceptors (Lipinski definition) is 3. The maximum absolute atomic E-state index is 13.1. The van der Waals surface area contributed by atoms with Crippen molar-refractivity contribution in [2.24, 2.45) is 0 Å². The van der Waals surface area contributed by atoms with Crippen molar-refractivity contribution < 1.29 is 27.8 Å². The second-order valence-electron chi connectivity index (χ2n) is 4.54. The van der Waals surface area contributed by atoms with Crippen molar-refractivity contribution in [3.05, 3.63) is 35.4 Å². The van der Waals surface area contributed by atoms with E-state index < -0.39 is 17.7 Å². The van der Waals surface area contributed by atoms with Gasteiger partial charge >= 0.3 is 12.1 Å². The Morgan fingerprint density at radius 1 is 1.29 bits per heavy atom. The maximum atomic E-state index is 13.1. The molecule has 0 saturated carbocycles. The maximum Gasteiger partial charge on any atom is 0.417 e. The van der Waals surface area contributed by atoms with E-state index in [0.29, 0.717) is 38.1 Å². The number of morpholine rings is 1. The van der Waals surface area contributed by atoms with Crippen molar-refractivity contribution in [3.63, 3.8) is 0 Å². The number of ether oxygens (including phenoxy) is 1. The van der Waals surface area contributed by atoms with Gasteiger partial charge in [-0.3, -0.25) is 0 Å². The van der Waals surface area contributed by atoms with E-state index in [1.54, 1.807) is 6.07 Å². The van der Waals surface area contributed by atoms with Gasteiger partial charge in [0.25, 0.3) is 0 Å². The van der Waals surface area contributed by atoms with Gasteiger partial charge in [-0.15, -0.1) is 0 Å². The molecule has 7 heteroatoms. The number of alkyl halides is 3. The molecule has 1 fully saturated rings. The molecular weight excluding hydrogens is 287 g/mol. The van der Waals surface area contributed by atoms with E-state index in [0.717, 1.165) is 12.1 Å². The first kappa shape index (κ1) is 15.4. The van der Waals surface area contributed by atoms with Crippen LogP contribution >= 0.6 is 0 Å². The molecule has 0 aliphatic carbocycles. The minimum absolute atomic E-state index is 0.165. The summed E-state index contributed by atoms with van der Waals surface area (Å²) >= 11 is 0. The van der Waals surface area contributed by atoms with Crippen LogP contribution in [0, 0.1) is 0 Å². The molecular formula is C14H14F3NO3. The molecule has 0 aromatic heterocycles. The van der Waals surface area contributed by atoms with Gasteiger partial charge in [0.1, 0.15) is 0 Å². The molecule has 1 aliphatic heterocycles. The Kier molecular flexibility index (Phi) is 4.52. The number of halogens is 3. The molecule has 0 unspecified atom stereocenters. The van der Waals surface area contributed by atoms with Crippen molar-refractivity contribution in [1.82, 2.24) is 0 Å². The Balaban J connectivity index is 2.37. The molecule has 1 aromatic carbocycles. The van der Waals surface area contributed by atoms with Crippen LogP contribution in [0.25, 0.3) is 6.08 Å². The monoisotopic (exact) mass is 301 g/mol. The second kappa shape index (κ2) is 6.17. The molecule has 1 aliphatic rings. The molecule has 1 saturated heterocycles. The van der Waals surface area contributed by atoms with Crippen molar-refractivity contribution in [2.45, 2.75) is 6.18 Å². The normalized spacial score (nSPS) is 16.4. The number of rotatable bonds is 3. The van der Waals surface area contributed by atoms with Gasteiger partial charge in [0.2, 0.25) is 0 Å². The number of aliphatic carboxylic acids is 1. The first-order chi connectivity index (χ1) is 9.88. The first-order valence-corrected chi connectivity index (χ1v) is 6.33. The van der Waals surface area contributed by atoms with E-state index in [1.165, 1.54) is 6.07 Å². The summed E-state index contributed by atoms with van der Waals surface area (Å²) in [5.74, 6) is -1.29. The summed E-state index contributed by atoms with van der Waals surface area (Å²) in [4.78, 5) is 12.3. The molecule has 1 N–H and O–H groups in total. The van der Waals surface area contributed by atoms with Crippen LogP contribution in [-0.2, 0) is 15.7 Å². The van der Waals surface area contributed by atoms with Crippen LogP contribution in [0.2, 0.25) is 0 Å². The molecule has 21 heavy (non-hydrogen) atoms. The molecule has 0 radical (unpaired) electrons. The average molecular weight is 301 g/mol. The summed E-state index contributed by atoms with van der Waals surface area (Å²) in [6.07, 6.45) is -2.90. The summed E-state index contributed by atoms with van der Waals surface area (Å²) in [5.41, 5.74) is -0.552. The minimum Gasteiger partial charge on any atom is -0.478 e. The molecule has 0 spiro atoms. The number of benzene rings is 1. The number of carboxylic acid groups (broad SMARTS) is 1. The Morgan fingerprint density at radius 3 is 2.52 bits per heavy atom. The zero-order valence-corrected chi connectivity index (χ0v) is 11.1. The highest BCUT2D eigenvalue weighted by Crippen LogP contribution is 2.35. The highest BCUT2D eigenvalue weighted by molar-refractivity contribution is 5.85. The largest absolute Gasteiger partial charge is 0.478 e. The van der Waals surface area contributed by atoms with Crippen LogP contribution in [0.3, 0.4) is 0 Å². The molecule has 2 rings (SSSR count). The molecule has 0 atom stereocenters. The van der Waals surface area contributed by atoms with Gasteiger partial charge in [-0.1, -0.05) is 6.07 Å². The van der Waals surface area contributed by atoms with Crippen LogP contribution in [0.15, 0.2) is 24.3 Å². The summed E-state index contributed by atoms with van der Waals surface area (Å²) < 4.78 is 44.5. The molecule has 1 aromatic rings. The predicted molar refractivity (Wildman–Crippen MR) is 71.1 cm³/mol. The molecule has 1 heterocycles. The number of carboxylic acids is 1. The minimum atomic E-state index is -4.54. The summed E-state index contributed by atoms with van der Waals surface area (Å²) in [6, 6.07) is 3.89. The predicted octanol–water partition coefficient (Wildman–Crippen LogP) is 2.64. The van der Waals surface area contributed by atoms with E-state index in [1.807, 2.05) is 4.90 Å². The molecule has 0 bridgehead atoms. The third-order valence-corrected chi connectivity index (χ3v) is 3.12. The van der Waals surface area contributed by atoms with E-state index >= 15 is 0 Å². The van der Waals surface area contributed by atoms with Gasteiger partial charge in [0.05, 0.1) is 18.8 Å². The zero-order chi connectivity index (χ0) is 15.5. The highest BCUT2D eigenvalue weighted by atomic mass is 19.4. The van der Waals surface area contributed by atoms with Crippen molar-refractivity contribution >= 4 is 17.7 Å². The lowest BCUT2D eigenvalue weighted by Gasteiger charge is -2.29. The fourth-order valence-corrected chi connectivity index (χ4v) is 2.11. The molecule has 4 nitrogen and oxygen atoms in total. The smallest absolute Gasteiger partial charge is 0.417 e. The topological polar surface area (TPSA) is 49.8 Å². The van der Waals surface area contributed by atoms with Gasteiger partial charge in [-0.2, -0.15) is 13.2 Å². The Bertz CT molecular complexity index is 549. The van der Waals surface area contributed by atoms with Gasteiger partial charge in [-0.05, 0) is 23.8 Å². The van der Waals surface area contributed by atoms with Crippen LogP contribution in [0.5, 0.6) is 0 Å². The Labute approximate surface area is 119 Å². The van der Waals surface area contributed by atoms with Gasteiger partial charge < -0.3 is 14.7 Å². The number of hydrogen-bond donors (Lipinski definition) is 1. The van der Waals surface area contributed by atoms with Gasteiger partial charge in [-0.25, -0.2) is 4.79 Å². The van der Waals surface area contributed by atoms with Crippen LogP contribution in [0.1, 0.15) is 11.1 Å². The number of anilines is 1. The summed E-state index contributed by atoms with van der Waals surface area (Å²) in [7, 11) is 0. The quantitative estimate of drug-likeness (QED) is 0.872. The first-order valence-electron chi connectivity index (χ1n) is 6.33. The van der Waals surface area contributed by atoms with Crippen molar-refractivity contribution in [3.8, 4) is 0 Å².